The van der Waals surface area contributed by atoms with E-state index in [1.165, 1.54) is 17.3 Å². The molecule has 1 heterocycles. The Bertz CT molecular complexity index is 746. The van der Waals surface area contributed by atoms with Crippen LogP contribution in [0.25, 0.3) is 0 Å². The molecule has 0 bridgehead atoms. The van der Waals surface area contributed by atoms with Gasteiger partial charge in [0.2, 0.25) is 5.91 Å². The van der Waals surface area contributed by atoms with E-state index >= 15 is 0 Å². The number of halogens is 2. The average Bonchev–Trinajstić information content (AvgIpc) is 2.76. The van der Waals surface area contributed by atoms with Gasteiger partial charge in [-0.25, -0.2) is 0 Å². The standard InChI is InChI=1S/C17H21Cl2N3OS/c1-10-14(11(2)22(4)21-10)7-8-20-17(23)12(3)24-16-9-13(18)5-6-15(16)19/h5-6,9,12H,7-8H2,1-4H3,(H,20,23). The molecule has 0 aliphatic heterocycles. The molecule has 1 atom stereocenters. The number of carbonyl (C=O) groups is 1. The van der Waals surface area contributed by atoms with E-state index in [0.717, 1.165) is 22.7 Å². The topological polar surface area (TPSA) is 46.9 Å². The van der Waals surface area contributed by atoms with Crippen LogP contribution in [-0.2, 0) is 18.3 Å². The third kappa shape index (κ3) is 4.68. The second-order valence-electron chi connectivity index (χ2n) is 5.65. The van der Waals surface area contributed by atoms with Crippen molar-refractivity contribution in [2.75, 3.05) is 6.54 Å². The van der Waals surface area contributed by atoms with Gasteiger partial charge in [0.1, 0.15) is 0 Å². The van der Waals surface area contributed by atoms with Gasteiger partial charge < -0.3 is 5.32 Å². The summed E-state index contributed by atoms with van der Waals surface area (Å²) in [5.74, 6) is -0.0183. The Balaban J connectivity index is 1.89. The molecule has 0 fully saturated rings. The molecule has 2 aromatic rings. The summed E-state index contributed by atoms with van der Waals surface area (Å²) in [6.45, 7) is 6.47. The summed E-state index contributed by atoms with van der Waals surface area (Å²) < 4.78 is 1.87. The number of nitrogens with zero attached hydrogens (tertiary/aromatic N) is 2. The average molecular weight is 386 g/mol. The zero-order chi connectivity index (χ0) is 17.9. The number of nitrogens with one attached hydrogen (secondary N) is 1. The summed E-state index contributed by atoms with van der Waals surface area (Å²) in [5.41, 5.74) is 3.34. The Labute approximate surface area is 156 Å². The Kier molecular flexibility index (Phi) is 6.61. The molecule has 1 N–H and O–H groups in total. The summed E-state index contributed by atoms with van der Waals surface area (Å²) in [4.78, 5) is 13.1. The van der Waals surface area contributed by atoms with Crippen LogP contribution in [0, 0.1) is 13.8 Å². The van der Waals surface area contributed by atoms with Crippen molar-refractivity contribution in [1.29, 1.82) is 0 Å². The second-order valence-corrected chi connectivity index (χ2v) is 7.88. The van der Waals surface area contributed by atoms with Gasteiger partial charge in [-0.2, -0.15) is 5.10 Å². The van der Waals surface area contributed by atoms with Crippen molar-refractivity contribution >= 4 is 40.9 Å². The number of hydrogen-bond acceptors (Lipinski definition) is 3. The third-order valence-electron chi connectivity index (χ3n) is 3.90. The number of carbonyl (C=O) groups excluding carboxylic acids is 1. The molecule has 0 spiro atoms. The van der Waals surface area contributed by atoms with Gasteiger partial charge >= 0.3 is 0 Å². The molecule has 0 saturated heterocycles. The smallest absolute Gasteiger partial charge is 0.233 e. The quantitative estimate of drug-likeness (QED) is 0.758. The van der Waals surface area contributed by atoms with Crippen molar-refractivity contribution in [1.82, 2.24) is 15.1 Å². The van der Waals surface area contributed by atoms with E-state index in [2.05, 4.69) is 10.4 Å². The fourth-order valence-electron chi connectivity index (χ4n) is 2.45. The molecule has 7 heteroatoms. The van der Waals surface area contributed by atoms with Gasteiger partial charge in [-0.1, -0.05) is 23.2 Å². The van der Waals surface area contributed by atoms with Crippen molar-refractivity contribution in [3.8, 4) is 0 Å². The van der Waals surface area contributed by atoms with Crippen molar-refractivity contribution in [3.63, 3.8) is 0 Å². The molecule has 1 aromatic heterocycles. The molecule has 1 amide bonds. The van der Waals surface area contributed by atoms with Crippen LogP contribution in [0.5, 0.6) is 0 Å². The van der Waals surface area contributed by atoms with Crippen LogP contribution in [-0.4, -0.2) is 27.5 Å². The third-order valence-corrected chi connectivity index (χ3v) is 5.74. The number of thioether (sulfide) groups is 1. The van der Waals surface area contributed by atoms with Gasteiger partial charge in [0.15, 0.2) is 0 Å². The Hall–Kier alpha value is -1.17. The Morgan fingerprint density at radius 2 is 2.08 bits per heavy atom. The molecular formula is C17H21Cl2N3OS. The summed E-state index contributed by atoms with van der Waals surface area (Å²) in [6, 6.07) is 5.25. The van der Waals surface area contributed by atoms with E-state index in [-0.39, 0.29) is 11.2 Å². The molecule has 0 aliphatic rings. The molecule has 0 aliphatic carbocycles. The molecular weight excluding hydrogens is 365 g/mol. The number of rotatable bonds is 6. The van der Waals surface area contributed by atoms with Gasteiger partial charge in [0.05, 0.1) is 16.0 Å². The highest BCUT2D eigenvalue weighted by molar-refractivity contribution is 8.00. The number of hydrogen-bond donors (Lipinski definition) is 1. The first-order valence-corrected chi connectivity index (χ1v) is 9.31. The summed E-state index contributed by atoms with van der Waals surface area (Å²) in [7, 11) is 1.93. The van der Waals surface area contributed by atoms with E-state index in [0.29, 0.717) is 16.6 Å². The maximum absolute atomic E-state index is 12.3. The highest BCUT2D eigenvalue weighted by atomic mass is 35.5. The number of benzene rings is 1. The van der Waals surface area contributed by atoms with E-state index in [4.69, 9.17) is 23.2 Å². The van der Waals surface area contributed by atoms with Crippen LogP contribution < -0.4 is 5.32 Å². The molecule has 1 aromatic carbocycles. The number of aryl methyl sites for hydroxylation is 2. The van der Waals surface area contributed by atoms with Gasteiger partial charge in [0.25, 0.3) is 0 Å². The fourth-order valence-corrected chi connectivity index (χ4v) is 3.88. The Morgan fingerprint density at radius 3 is 2.71 bits per heavy atom. The lowest BCUT2D eigenvalue weighted by Gasteiger charge is -2.13. The number of amides is 1. The van der Waals surface area contributed by atoms with Gasteiger partial charge in [0, 0.05) is 29.2 Å². The summed E-state index contributed by atoms with van der Waals surface area (Å²) in [5, 5.41) is 8.32. The monoisotopic (exact) mass is 385 g/mol. The van der Waals surface area contributed by atoms with Crippen molar-refractivity contribution < 1.29 is 4.79 Å². The zero-order valence-corrected chi connectivity index (χ0v) is 16.5. The van der Waals surface area contributed by atoms with E-state index in [1.54, 1.807) is 18.2 Å². The van der Waals surface area contributed by atoms with Crippen LogP contribution in [0.3, 0.4) is 0 Å². The maximum Gasteiger partial charge on any atom is 0.233 e. The fraction of sp³-hybridized carbons (Fsp3) is 0.412. The van der Waals surface area contributed by atoms with Crippen LogP contribution >= 0.6 is 35.0 Å². The summed E-state index contributed by atoms with van der Waals surface area (Å²) >= 11 is 13.5. The lowest BCUT2D eigenvalue weighted by Crippen LogP contribution is -2.32. The van der Waals surface area contributed by atoms with Crippen molar-refractivity contribution in [3.05, 3.63) is 45.2 Å². The largest absolute Gasteiger partial charge is 0.355 e. The van der Waals surface area contributed by atoms with E-state index in [9.17, 15) is 4.79 Å². The van der Waals surface area contributed by atoms with Gasteiger partial charge in [-0.3, -0.25) is 9.48 Å². The highest BCUT2D eigenvalue weighted by Crippen LogP contribution is 2.32. The highest BCUT2D eigenvalue weighted by Gasteiger charge is 2.16. The van der Waals surface area contributed by atoms with E-state index < -0.39 is 0 Å². The minimum absolute atomic E-state index is 0.0183. The van der Waals surface area contributed by atoms with Gasteiger partial charge in [-0.15, -0.1) is 11.8 Å². The normalized spacial score (nSPS) is 12.2. The van der Waals surface area contributed by atoms with Crippen LogP contribution in [0.1, 0.15) is 23.9 Å². The molecule has 0 saturated carbocycles. The maximum atomic E-state index is 12.3. The predicted octanol–water partition coefficient (Wildman–Crippen LogP) is 4.18. The number of aromatic nitrogens is 2. The van der Waals surface area contributed by atoms with E-state index in [1.807, 2.05) is 32.5 Å². The lowest BCUT2D eigenvalue weighted by molar-refractivity contribution is -0.120. The Morgan fingerprint density at radius 1 is 1.38 bits per heavy atom. The predicted molar refractivity (Wildman–Crippen MR) is 101 cm³/mol. The lowest BCUT2D eigenvalue weighted by atomic mass is 10.1. The van der Waals surface area contributed by atoms with Crippen LogP contribution in [0.15, 0.2) is 23.1 Å². The minimum atomic E-state index is -0.253. The van der Waals surface area contributed by atoms with Gasteiger partial charge in [-0.05, 0) is 51.0 Å². The molecule has 130 valence electrons. The molecule has 24 heavy (non-hydrogen) atoms. The molecule has 1 unspecified atom stereocenters. The van der Waals surface area contributed by atoms with Crippen LogP contribution in [0.4, 0.5) is 0 Å². The van der Waals surface area contributed by atoms with Crippen molar-refractivity contribution in [2.45, 2.75) is 37.3 Å². The van der Waals surface area contributed by atoms with Crippen LogP contribution in [0.2, 0.25) is 10.0 Å². The summed E-state index contributed by atoms with van der Waals surface area (Å²) in [6.07, 6.45) is 0.770. The molecule has 0 radical (unpaired) electrons. The first kappa shape index (κ1) is 19.2. The minimum Gasteiger partial charge on any atom is -0.355 e. The zero-order valence-electron chi connectivity index (χ0n) is 14.2. The first-order chi connectivity index (χ1) is 11.3. The SMILES string of the molecule is Cc1nn(C)c(C)c1CCNC(=O)C(C)Sc1cc(Cl)ccc1Cl. The molecule has 2 rings (SSSR count). The molecule has 4 nitrogen and oxygen atoms in total. The van der Waals surface area contributed by atoms with Crippen molar-refractivity contribution in [2.24, 2.45) is 7.05 Å². The first-order valence-electron chi connectivity index (χ1n) is 7.68. The second kappa shape index (κ2) is 8.28.